The molecule has 0 spiro atoms. The number of carbonyl (C=O) groups excluding carboxylic acids is 1. The van der Waals surface area contributed by atoms with Crippen molar-refractivity contribution in [2.75, 3.05) is 19.8 Å². The molecule has 1 amide bonds. The number of hydrogen-bond donors (Lipinski definition) is 13. The number of ether oxygens (including phenoxy) is 5. The molecule has 20 heteroatoms. The lowest BCUT2D eigenvalue weighted by Crippen LogP contribution is -2.70. The topological polar surface area (TPSA) is 335 Å². The van der Waals surface area contributed by atoms with E-state index < -0.39 is 136 Å². The zero-order chi connectivity index (χ0) is 32.4. The highest BCUT2D eigenvalue weighted by Crippen LogP contribution is 2.38. The number of aliphatic hydroxyl groups is 11. The van der Waals surface area contributed by atoms with Gasteiger partial charge in [0, 0.05) is 13.3 Å². The van der Waals surface area contributed by atoms with Gasteiger partial charge in [-0.2, -0.15) is 0 Å². The molecule has 0 radical (unpaired) electrons. The summed E-state index contributed by atoms with van der Waals surface area (Å²) in [5, 5.41) is 124. The standard InChI is InChI=1S/C23H39NO19/c1-6(28)24-11-7(29)2-23(22(37)38,42-18(11)12(31)8(30)3-25)43-19-13(32)9(4-26)40-21(16(19)35)41-17-10(5-27)39-20(36)15(34)14(17)33/h7-21,25-27,29-36H,2-5H2,1H3,(H,24,28)(H,37,38)/t7-,8+,9+,10+,11+,12+,13+,14+,15+,16+,17+,18+,19-,20?,21-,23-/m0/s1. The third-order valence-electron chi connectivity index (χ3n) is 7.47. The molecule has 16 atom stereocenters. The fourth-order valence-corrected chi connectivity index (χ4v) is 5.16. The van der Waals surface area contributed by atoms with E-state index in [9.17, 15) is 70.9 Å². The van der Waals surface area contributed by atoms with Crippen molar-refractivity contribution >= 4 is 11.9 Å². The zero-order valence-corrected chi connectivity index (χ0v) is 22.7. The average Bonchev–Trinajstić information content (AvgIpc) is 2.96. The first-order chi connectivity index (χ1) is 20.1. The lowest BCUT2D eigenvalue weighted by atomic mass is 9.88. The molecule has 250 valence electrons. The number of rotatable bonds is 11. The quantitative estimate of drug-likeness (QED) is 0.100. The second kappa shape index (κ2) is 14.6. The summed E-state index contributed by atoms with van der Waals surface area (Å²) >= 11 is 0. The predicted molar refractivity (Wildman–Crippen MR) is 130 cm³/mol. The second-order valence-electron chi connectivity index (χ2n) is 10.5. The van der Waals surface area contributed by atoms with Gasteiger partial charge in [0.05, 0.1) is 32.0 Å². The van der Waals surface area contributed by atoms with Gasteiger partial charge in [0.1, 0.15) is 67.1 Å². The number of carboxylic acid groups (broad SMARTS) is 1. The molecule has 1 unspecified atom stereocenters. The normalized spacial score (nSPS) is 45.3. The maximum absolute atomic E-state index is 12.5. The van der Waals surface area contributed by atoms with Crippen LogP contribution in [0.1, 0.15) is 13.3 Å². The Kier molecular flexibility index (Phi) is 12.1. The van der Waals surface area contributed by atoms with Crippen LogP contribution >= 0.6 is 0 Å². The summed E-state index contributed by atoms with van der Waals surface area (Å²) in [6.07, 6.45) is -27.8. The Morgan fingerprint density at radius 2 is 1.53 bits per heavy atom. The number of hydrogen-bond acceptors (Lipinski definition) is 18. The third kappa shape index (κ3) is 7.41. The van der Waals surface area contributed by atoms with Crippen LogP contribution in [0.2, 0.25) is 0 Å². The Hall–Kier alpha value is -1.70. The first-order valence-corrected chi connectivity index (χ1v) is 13.2. The minimum Gasteiger partial charge on any atom is -0.477 e. The van der Waals surface area contributed by atoms with Crippen molar-refractivity contribution in [1.29, 1.82) is 0 Å². The molecule has 0 aliphatic carbocycles. The number of amides is 1. The van der Waals surface area contributed by atoms with Crippen LogP contribution < -0.4 is 5.32 Å². The van der Waals surface area contributed by atoms with Gasteiger partial charge in [0.2, 0.25) is 5.91 Å². The first-order valence-electron chi connectivity index (χ1n) is 13.2. The van der Waals surface area contributed by atoms with Crippen LogP contribution in [0.25, 0.3) is 0 Å². The number of carbonyl (C=O) groups is 2. The van der Waals surface area contributed by atoms with Gasteiger partial charge in [-0.25, -0.2) is 4.79 Å². The number of aliphatic hydroxyl groups excluding tert-OH is 11. The second-order valence-corrected chi connectivity index (χ2v) is 10.5. The van der Waals surface area contributed by atoms with Gasteiger partial charge in [-0.3, -0.25) is 4.79 Å². The molecule has 43 heavy (non-hydrogen) atoms. The lowest BCUT2D eigenvalue weighted by Gasteiger charge is -2.50. The molecule has 13 N–H and O–H groups in total. The highest BCUT2D eigenvalue weighted by molar-refractivity contribution is 5.76. The number of aliphatic carboxylic acids is 1. The Morgan fingerprint density at radius 3 is 2.07 bits per heavy atom. The van der Waals surface area contributed by atoms with Gasteiger partial charge in [-0.05, 0) is 0 Å². The van der Waals surface area contributed by atoms with Crippen molar-refractivity contribution in [1.82, 2.24) is 5.32 Å². The SMILES string of the molecule is CC(=O)N[C@H]1[C@H]([C@H](O)[C@H](O)CO)O[C@@](O[C@@H]2[C@@H](O)[C@H](O[C@H]3[C@H](O)[C@@H](O)C(O)O[C@@H]3CO)O[C@H](CO)[C@H]2O)(C(=O)O)C[C@@H]1O. The fraction of sp³-hybridized carbons (Fsp3) is 0.913. The maximum atomic E-state index is 12.5. The number of nitrogens with one attached hydrogen (secondary N) is 1. The van der Waals surface area contributed by atoms with Gasteiger partial charge in [-0.15, -0.1) is 0 Å². The van der Waals surface area contributed by atoms with E-state index in [1.807, 2.05) is 0 Å². The van der Waals surface area contributed by atoms with Gasteiger partial charge in [0.25, 0.3) is 5.79 Å². The first kappa shape index (κ1) is 35.8. The smallest absolute Gasteiger partial charge is 0.364 e. The summed E-state index contributed by atoms with van der Waals surface area (Å²) in [6.45, 7) is -1.85. The molecule has 0 aromatic rings. The molecule has 3 aliphatic rings. The molecule has 0 aromatic heterocycles. The molecule has 3 heterocycles. The summed E-state index contributed by atoms with van der Waals surface area (Å²) in [6, 6.07) is -1.54. The molecule has 3 saturated heterocycles. The third-order valence-corrected chi connectivity index (χ3v) is 7.47. The van der Waals surface area contributed by atoms with E-state index in [-0.39, 0.29) is 0 Å². The summed E-state index contributed by atoms with van der Waals surface area (Å²) < 4.78 is 26.8. The van der Waals surface area contributed by atoms with Crippen LogP contribution in [-0.2, 0) is 33.3 Å². The Balaban J connectivity index is 1.94. The summed E-state index contributed by atoms with van der Waals surface area (Å²) in [7, 11) is 0. The highest BCUT2D eigenvalue weighted by atomic mass is 16.8. The molecular weight excluding hydrogens is 594 g/mol. The van der Waals surface area contributed by atoms with Crippen molar-refractivity contribution in [3.8, 4) is 0 Å². The zero-order valence-electron chi connectivity index (χ0n) is 22.7. The molecule has 20 nitrogen and oxygen atoms in total. The fourth-order valence-electron chi connectivity index (χ4n) is 5.16. The van der Waals surface area contributed by atoms with E-state index in [4.69, 9.17) is 23.7 Å². The molecule has 0 saturated carbocycles. The Morgan fingerprint density at radius 1 is 0.907 bits per heavy atom. The van der Waals surface area contributed by atoms with Crippen molar-refractivity contribution < 1.29 is 94.6 Å². The van der Waals surface area contributed by atoms with Crippen LogP contribution in [0.4, 0.5) is 0 Å². The van der Waals surface area contributed by atoms with E-state index in [0.717, 1.165) is 6.92 Å². The minimum atomic E-state index is -3.02. The average molecular weight is 634 g/mol. The highest BCUT2D eigenvalue weighted by Gasteiger charge is 2.60. The van der Waals surface area contributed by atoms with Gasteiger partial charge >= 0.3 is 5.97 Å². The summed E-state index contributed by atoms with van der Waals surface area (Å²) in [4.78, 5) is 24.3. The monoisotopic (exact) mass is 633 g/mol. The largest absolute Gasteiger partial charge is 0.477 e. The minimum absolute atomic E-state index is 0.749. The van der Waals surface area contributed by atoms with E-state index in [2.05, 4.69) is 5.32 Å². The molecule has 3 fully saturated rings. The van der Waals surface area contributed by atoms with Crippen LogP contribution in [0.15, 0.2) is 0 Å². The lowest BCUT2D eigenvalue weighted by molar-refractivity contribution is -0.385. The Bertz CT molecular complexity index is 942. The molecule has 0 bridgehead atoms. The molecule has 3 aliphatic heterocycles. The predicted octanol–water partition coefficient (Wildman–Crippen LogP) is -8.22. The van der Waals surface area contributed by atoms with E-state index in [1.165, 1.54) is 0 Å². The van der Waals surface area contributed by atoms with Crippen LogP contribution in [0, 0.1) is 0 Å². The van der Waals surface area contributed by atoms with Crippen LogP contribution in [-0.4, -0.2) is 191 Å². The van der Waals surface area contributed by atoms with E-state index >= 15 is 0 Å². The molecule has 3 rings (SSSR count). The maximum Gasteiger partial charge on any atom is 0.364 e. The van der Waals surface area contributed by atoms with Crippen LogP contribution in [0.5, 0.6) is 0 Å². The van der Waals surface area contributed by atoms with Crippen molar-refractivity contribution in [3.63, 3.8) is 0 Å². The van der Waals surface area contributed by atoms with Crippen molar-refractivity contribution in [3.05, 3.63) is 0 Å². The van der Waals surface area contributed by atoms with Crippen molar-refractivity contribution in [2.24, 2.45) is 0 Å². The van der Waals surface area contributed by atoms with E-state index in [0.29, 0.717) is 0 Å². The van der Waals surface area contributed by atoms with Gasteiger partial charge in [0.15, 0.2) is 12.6 Å². The van der Waals surface area contributed by atoms with Crippen molar-refractivity contribution in [2.45, 2.75) is 111 Å². The molecular formula is C23H39NO19. The molecule has 0 aromatic carbocycles. The Labute approximate surface area is 243 Å². The van der Waals surface area contributed by atoms with Crippen LogP contribution in [0.3, 0.4) is 0 Å². The number of carboxylic acids is 1. The van der Waals surface area contributed by atoms with Gasteiger partial charge in [-0.1, -0.05) is 0 Å². The summed E-state index contributed by atoms with van der Waals surface area (Å²) in [5.74, 6) is -5.74. The summed E-state index contributed by atoms with van der Waals surface area (Å²) in [5.41, 5.74) is 0. The van der Waals surface area contributed by atoms with Gasteiger partial charge < -0.3 is 90.3 Å². The van der Waals surface area contributed by atoms with E-state index in [1.54, 1.807) is 0 Å².